The van der Waals surface area contributed by atoms with Crippen LogP contribution in [0.25, 0.3) is 0 Å². The number of benzene rings is 3. The van der Waals surface area contributed by atoms with E-state index in [9.17, 15) is 4.79 Å². The maximum Gasteiger partial charge on any atom is 0.285 e. The lowest BCUT2D eigenvalue weighted by molar-refractivity contribution is -0.111. The van der Waals surface area contributed by atoms with Crippen LogP contribution in [0.2, 0.25) is 5.02 Å². The molecule has 5 heteroatoms. The molecule has 0 aliphatic carbocycles. The minimum atomic E-state index is -0.200. The molecule has 0 bridgehead atoms. The topological polar surface area (TPSA) is 41.9 Å². The van der Waals surface area contributed by atoms with Gasteiger partial charge in [0, 0.05) is 16.3 Å². The van der Waals surface area contributed by atoms with E-state index in [0.717, 1.165) is 22.5 Å². The van der Waals surface area contributed by atoms with Crippen LogP contribution in [0.5, 0.6) is 0 Å². The Kier molecular flexibility index (Phi) is 4.42. The molecule has 1 heterocycles. The van der Waals surface area contributed by atoms with Crippen LogP contribution < -0.4 is 4.90 Å². The number of nitrogens with zero attached hydrogens (tertiary/aromatic N) is 2. The fourth-order valence-corrected chi connectivity index (χ4v) is 3.00. The quantitative estimate of drug-likeness (QED) is 0.617. The van der Waals surface area contributed by atoms with E-state index in [1.165, 1.54) is 0 Å². The average molecular weight is 363 g/mol. The van der Waals surface area contributed by atoms with Crippen molar-refractivity contribution in [2.45, 2.75) is 6.61 Å². The predicted molar refractivity (Wildman–Crippen MR) is 103 cm³/mol. The van der Waals surface area contributed by atoms with Gasteiger partial charge >= 0.3 is 0 Å². The number of hydrogen-bond donors (Lipinski definition) is 0. The Morgan fingerprint density at radius 2 is 1.58 bits per heavy atom. The van der Waals surface area contributed by atoms with Gasteiger partial charge in [0.05, 0.1) is 5.69 Å². The lowest BCUT2D eigenvalue weighted by Gasteiger charge is -2.16. The number of halogens is 1. The van der Waals surface area contributed by atoms with Crippen LogP contribution in [0.3, 0.4) is 0 Å². The van der Waals surface area contributed by atoms with Gasteiger partial charge in [0.25, 0.3) is 5.91 Å². The third-order valence-corrected chi connectivity index (χ3v) is 4.37. The summed E-state index contributed by atoms with van der Waals surface area (Å²) in [6, 6.07) is 24.4. The summed E-state index contributed by atoms with van der Waals surface area (Å²) in [5, 5.41) is 4.80. The predicted octanol–water partition coefficient (Wildman–Crippen LogP) is 4.94. The van der Waals surface area contributed by atoms with Gasteiger partial charge in [-0.2, -0.15) is 0 Å². The molecule has 0 fully saturated rings. The number of oxime groups is 1. The van der Waals surface area contributed by atoms with Crippen LogP contribution in [-0.2, 0) is 16.2 Å². The molecule has 0 N–H and O–H groups in total. The maximum atomic E-state index is 12.9. The Morgan fingerprint density at radius 1 is 0.885 bits per heavy atom. The molecule has 4 rings (SSSR count). The van der Waals surface area contributed by atoms with Crippen molar-refractivity contribution < 1.29 is 9.63 Å². The fourth-order valence-electron chi connectivity index (χ4n) is 2.87. The van der Waals surface area contributed by atoms with Crippen LogP contribution in [-0.4, -0.2) is 11.6 Å². The highest BCUT2D eigenvalue weighted by Crippen LogP contribution is 2.35. The van der Waals surface area contributed by atoms with Crippen molar-refractivity contribution in [1.29, 1.82) is 0 Å². The molecule has 1 aliphatic rings. The van der Waals surface area contributed by atoms with Gasteiger partial charge in [-0.1, -0.05) is 65.3 Å². The van der Waals surface area contributed by atoms with Gasteiger partial charge in [0.2, 0.25) is 0 Å². The number of hydrogen-bond acceptors (Lipinski definition) is 3. The molecule has 1 amide bonds. The monoisotopic (exact) mass is 362 g/mol. The Balaban J connectivity index is 1.62. The Labute approximate surface area is 156 Å². The molecule has 0 atom stereocenters. The molecule has 0 saturated heterocycles. The van der Waals surface area contributed by atoms with Crippen LogP contribution >= 0.6 is 11.6 Å². The van der Waals surface area contributed by atoms with Gasteiger partial charge in [-0.3, -0.25) is 9.69 Å². The molecule has 26 heavy (non-hydrogen) atoms. The van der Waals surface area contributed by atoms with Gasteiger partial charge in [-0.25, -0.2) is 0 Å². The van der Waals surface area contributed by atoms with Crippen molar-refractivity contribution in [2.24, 2.45) is 5.16 Å². The van der Waals surface area contributed by atoms with Crippen LogP contribution in [0.1, 0.15) is 11.1 Å². The number of carbonyl (C=O) groups is 1. The molecular weight excluding hydrogens is 348 g/mol. The smallest absolute Gasteiger partial charge is 0.285 e. The van der Waals surface area contributed by atoms with Crippen LogP contribution in [0.15, 0.2) is 84.0 Å². The fraction of sp³-hybridized carbons (Fsp3) is 0.0476. The van der Waals surface area contributed by atoms with E-state index in [1.807, 2.05) is 66.7 Å². The van der Waals surface area contributed by atoms with Crippen molar-refractivity contribution in [3.05, 3.63) is 95.0 Å². The van der Waals surface area contributed by atoms with Gasteiger partial charge < -0.3 is 4.84 Å². The summed E-state index contributed by atoms with van der Waals surface area (Å²) in [6.07, 6.45) is 0. The van der Waals surface area contributed by atoms with Crippen molar-refractivity contribution >= 4 is 34.6 Å². The Hall–Kier alpha value is -3.11. The number of rotatable bonds is 4. The van der Waals surface area contributed by atoms with E-state index >= 15 is 0 Å². The van der Waals surface area contributed by atoms with Crippen molar-refractivity contribution in [1.82, 2.24) is 0 Å². The highest BCUT2D eigenvalue weighted by molar-refractivity contribution is 6.55. The summed E-state index contributed by atoms with van der Waals surface area (Å²) in [6.45, 7) is 0.265. The SMILES string of the molecule is O=C1C(=NOCc2ccc(Cl)cc2)c2ccccc2N1c1ccccc1. The highest BCUT2D eigenvalue weighted by Gasteiger charge is 2.35. The molecule has 3 aromatic carbocycles. The van der Waals surface area contributed by atoms with Crippen molar-refractivity contribution in [3.8, 4) is 0 Å². The molecule has 1 aliphatic heterocycles. The lowest BCUT2D eigenvalue weighted by atomic mass is 10.1. The Morgan fingerprint density at radius 3 is 2.35 bits per heavy atom. The van der Waals surface area contributed by atoms with E-state index in [2.05, 4.69) is 5.16 Å². The first-order chi connectivity index (χ1) is 12.7. The molecule has 0 saturated carbocycles. The molecule has 0 aromatic heterocycles. The van der Waals surface area contributed by atoms with E-state index in [0.29, 0.717) is 10.7 Å². The normalized spacial score (nSPS) is 14.6. The summed E-state index contributed by atoms with van der Waals surface area (Å²) in [4.78, 5) is 20.1. The van der Waals surface area contributed by atoms with Crippen LogP contribution in [0.4, 0.5) is 11.4 Å². The third kappa shape index (κ3) is 3.07. The maximum absolute atomic E-state index is 12.9. The minimum absolute atomic E-state index is 0.200. The molecule has 4 nitrogen and oxygen atoms in total. The van der Waals surface area contributed by atoms with Crippen molar-refractivity contribution in [2.75, 3.05) is 4.90 Å². The highest BCUT2D eigenvalue weighted by atomic mass is 35.5. The number of fused-ring (bicyclic) bond motifs is 1. The van der Waals surface area contributed by atoms with Gasteiger partial charge in [-0.05, 0) is 35.9 Å². The van der Waals surface area contributed by atoms with Gasteiger partial charge in [0.1, 0.15) is 6.61 Å². The molecule has 128 valence electrons. The first-order valence-corrected chi connectivity index (χ1v) is 8.55. The largest absolute Gasteiger partial charge is 0.390 e. The van der Waals surface area contributed by atoms with E-state index in [-0.39, 0.29) is 12.5 Å². The first kappa shape index (κ1) is 16.4. The van der Waals surface area contributed by atoms with E-state index in [1.54, 1.807) is 17.0 Å². The lowest BCUT2D eigenvalue weighted by Crippen LogP contribution is -2.25. The number of amides is 1. The summed E-state index contributed by atoms with van der Waals surface area (Å²) in [5.74, 6) is -0.200. The molecule has 0 radical (unpaired) electrons. The number of para-hydroxylation sites is 2. The average Bonchev–Trinajstić information content (AvgIpc) is 2.96. The number of carbonyl (C=O) groups excluding carboxylic acids is 1. The minimum Gasteiger partial charge on any atom is -0.390 e. The van der Waals surface area contributed by atoms with E-state index < -0.39 is 0 Å². The molecule has 3 aromatic rings. The third-order valence-electron chi connectivity index (χ3n) is 4.12. The second-order valence-electron chi connectivity index (χ2n) is 5.83. The van der Waals surface area contributed by atoms with Gasteiger partial charge in [-0.15, -0.1) is 0 Å². The summed E-state index contributed by atoms with van der Waals surface area (Å²) in [5.41, 5.74) is 3.60. The summed E-state index contributed by atoms with van der Waals surface area (Å²) in [7, 11) is 0. The molecule has 0 unspecified atom stereocenters. The number of anilines is 2. The van der Waals surface area contributed by atoms with Gasteiger partial charge in [0.15, 0.2) is 5.71 Å². The molecule has 0 spiro atoms. The standard InChI is InChI=1S/C21H15ClN2O2/c22-16-12-10-15(11-13-16)14-26-23-20-18-8-4-5-9-19(18)24(21(20)25)17-6-2-1-3-7-17/h1-13H,14H2. The zero-order valence-corrected chi connectivity index (χ0v) is 14.6. The zero-order valence-electron chi connectivity index (χ0n) is 13.8. The second kappa shape index (κ2) is 7.02. The summed E-state index contributed by atoms with van der Waals surface area (Å²) < 4.78 is 0. The summed E-state index contributed by atoms with van der Waals surface area (Å²) >= 11 is 5.88. The zero-order chi connectivity index (χ0) is 17.9. The van der Waals surface area contributed by atoms with Crippen molar-refractivity contribution in [3.63, 3.8) is 0 Å². The van der Waals surface area contributed by atoms with Crippen LogP contribution in [0, 0.1) is 0 Å². The second-order valence-corrected chi connectivity index (χ2v) is 6.27. The Bertz CT molecular complexity index is 969. The first-order valence-electron chi connectivity index (χ1n) is 8.17. The van der Waals surface area contributed by atoms with E-state index in [4.69, 9.17) is 16.4 Å². The molecular formula is C21H15ClN2O2.